The van der Waals surface area contributed by atoms with Crippen LogP contribution in [0.5, 0.6) is 11.5 Å². The maximum absolute atomic E-state index is 12.0. The van der Waals surface area contributed by atoms with Crippen LogP contribution < -0.4 is 14.8 Å². The van der Waals surface area contributed by atoms with Crippen LogP contribution in [0, 0.1) is 0 Å². The van der Waals surface area contributed by atoms with Crippen LogP contribution in [0.4, 0.5) is 0 Å². The quantitative estimate of drug-likeness (QED) is 0.797. The fraction of sp³-hybridized carbons (Fsp3) is 0.429. The normalized spacial score (nSPS) is 11.4. The van der Waals surface area contributed by atoms with Gasteiger partial charge in [-0.25, -0.2) is 0 Å². The number of nitrogens with one attached hydrogen (secondary N) is 1. The van der Waals surface area contributed by atoms with Gasteiger partial charge in [-0.3, -0.25) is 9.59 Å². The second-order valence-electron chi connectivity index (χ2n) is 4.22. The molecule has 0 spiro atoms. The average Bonchev–Trinajstić information content (AvgIpc) is 2.45. The lowest BCUT2D eigenvalue weighted by Crippen LogP contribution is -2.34. The van der Waals surface area contributed by atoms with Crippen molar-refractivity contribution in [3.63, 3.8) is 0 Å². The molecule has 6 nitrogen and oxygen atoms in total. The van der Waals surface area contributed by atoms with Crippen molar-refractivity contribution in [3.8, 4) is 11.5 Å². The molecule has 0 fully saturated rings. The van der Waals surface area contributed by atoms with Crippen molar-refractivity contribution in [1.82, 2.24) is 5.32 Å². The molecular weight excluding hydrogens is 262 g/mol. The Kier molecular flexibility index (Phi) is 5.83. The van der Waals surface area contributed by atoms with Crippen LogP contribution in [0.2, 0.25) is 0 Å². The number of hydrogen-bond donors (Lipinski definition) is 1. The highest BCUT2D eigenvalue weighted by atomic mass is 16.5. The minimum absolute atomic E-state index is 0.121. The third-order valence-electron chi connectivity index (χ3n) is 2.72. The van der Waals surface area contributed by atoms with Crippen molar-refractivity contribution in [2.24, 2.45) is 0 Å². The lowest BCUT2D eigenvalue weighted by Gasteiger charge is -2.14. The van der Waals surface area contributed by atoms with Gasteiger partial charge >= 0.3 is 5.97 Å². The predicted molar refractivity (Wildman–Crippen MR) is 73.1 cm³/mol. The molecule has 0 saturated carbocycles. The van der Waals surface area contributed by atoms with Crippen LogP contribution >= 0.6 is 0 Å². The van der Waals surface area contributed by atoms with Crippen molar-refractivity contribution in [2.45, 2.75) is 19.4 Å². The summed E-state index contributed by atoms with van der Waals surface area (Å²) in [6, 6.07) is 4.54. The number of benzene rings is 1. The first-order valence-electron chi connectivity index (χ1n) is 6.11. The van der Waals surface area contributed by atoms with Crippen molar-refractivity contribution < 1.29 is 23.8 Å². The van der Waals surface area contributed by atoms with E-state index in [0.29, 0.717) is 17.1 Å². The zero-order valence-corrected chi connectivity index (χ0v) is 12.1. The lowest BCUT2D eigenvalue weighted by atomic mass is 10.1. The number of rotatable bonds is 6. The third kappa shape index (κ3) is 4.15. The molecule has 0 aromatic heterocycles. The van der Waals surface area contributed by atoms with Crippen LogP contribution in [-0.2, 0) is 9.53 Å². The molecule has 1 N–H and O–H groups in total. The molecule has 0 radical (unpaired) electrons. The molecule has 1 aromatic carbocycles. The maximum Gasteiger partial charge on any atom is 0.307 e. The van der Waals surface area contributed by atoms with Crippen LogP contribution in [0.1, 0.15) is 23.7 Å². The number of carbonyl (C=O) groups excluding carboxylic acids is 2. The van der Waals surface area contributed by atoms with Gasteiger partial charge in [0, 0.05) is 11.6 Å². The van der Waals surface area contributed by atoms with Crippen LogP contribution in [0.25, 0.3) is 0 Å². The number of ether oxygens (including phenoxy) is 3. The molecule has 20 heavy (non-hydrogen) atoms. The second kappa shape index (κ2) is 7.37. The minimum atomic E-state index is -0.370. The Labute approximate surface area is 118 Å². The first-order valence-corrected chi connectivity index (χ1v) is 6.11. The monoisotopic (exact) mass is 281 g/mol. The van der Waals surface area contributed by atoms with E-state index in [1.54, 1.807) is 25.1 Å². The van der Waals surface area contributed by atoms with Crippen LogP contribution in [0.15, 0.2) is 18.2 Å². The van der Waals surface area contributed by atoms with Gasteiger partial charge in [0.2, 0.25) is 0 Å². The molecule has 1 aromatic rings. The van der Waals surface area contributed by atoms with Crippen LogP contribution in [0.3, 0.4) is 0 Å². The maximum atomic E-state index is 12.0. The lowest BCUT2D eigenvalue weighted by molar-refractivity contribution is -0.141. The highest BCUT2D eigenvalue weighted by molar-refractivity contribution is 5.95. The van der Waals surface area contributed by atoms with Crippen molar-refractivity contribution in [2.75, 3.05) is 21.3 Å². The van der Waals surface area contributed by atoms with Crippen molar-refractivity contribution >= 4 is 11.9 Å². The Hall–Kier alpha value is -2.24. The number of amides is 1. The van der Waals surface area contributed by atoms with Gasteiger partial charge in [-0.2, -0.15) is 0 Å². The van der Waals surface area contributed by atoms with E-state index in [1.807, 2.05) is 0 Å². The Morgan fingerprint density at radius 3 is 2.35 bits per heavy atom. The number of esters is 1. The highest BCUT2D eigenvalue weighted by Crippen LogP contribution is 2.27. The van der Waals surface area contributed by atoms with Gasteiger partial charge in [0.15, 0.2) is 11.5 Å². The van der Waals surface area contributed by atoms with E-state index in [0.717, 1.165) is 0 Å². The van der Waals surface area contributed by atoms with Gasteiger partial charge in [0.1, 0.15) is 0 Å². The van der Waals surface area contributed by atoms with Gasteiger partial charge < -0.3 is 19.5 Å². The molecule has 0 aliphatic carbocycles. The molecule has 0 aliphatic rings. The molecule has 1 unspecified atom stereocenters. The Bertz CT molecular complexity index is 486. The number of carbonyl (C=O) groups is 2. The van der Waals surface area contributed by atoms with E-state index in [2.05, 4.69) is 10.1 Å². The van der Waals surface area contributed by atoms with Gasteiger partial charge in [0.05, 0.1) is 27.8 Å². The summed E-state index contributed by atoms with van der Waals surface area (Å²) in [5.41, 5.74) is 0.430. The predicted octanol–water partition coefficient (Wildman–Crippen LogP) is 1.39. The van der Waals surface area contributed by atoms with Gasteiger partial charge in [-0.05, 0) is 25.1 Å². The van der Waals surface area contributed by atoms with Gasteiger partial charge in [-0.15, -0.1) is 0 Å². The highest BCUT2D eigenvalue weighted by Gasteiger charge is 2.15. The Morgan fingerprint density at radius 2 is 1.80 bits per heavy atom. The fourth-order valence-electron chi connectivity index (χ4n) is 1.67. The van der Waals surface area contributed by atoms with Crippen molar-refractivity contribution in [1.29, 1.82) is 0 Å². The molecular formula is C14H19NO5. The average molecular weight is 281 g/mol. The Balaban J connectivity index is 2.75. The fourth-order valence-corrected chi connectivity index (χ4v) is 1.67. The van der Waals surface area contributed by atoms with E-state index < -0.39 is 0 Å². The zero-order valence-electron chi connectivity index (χ0n) is 12.1. The summed E-state index contributed by atoms with van der Waals surface area (Å²) in [6.45, 7) is 1.73. The van der Waals surface area contributed by atoms with Crippen LogP contribution in [-0.4, -0.2) is 39.2 Å². The molecule has 0 bridgehead atoms. The molecule has 0 heterocycles. The summed E-state index contributed by atoms with van der Waals surface area (Å²) in [5, 5.41) is 2.71. The summed E-state index contributed by atoms with van der Waals surface area (Å²) in [6.07, 6.45) is 0.121. The third-order valence-corrected chi connectivity index (χ3v) is 2.72. The van der Waals surface area contributed by atoms with E-state index in [4.69, 9.17) is 9.47 Å². The molecule has 0 saturated heterocycles. The van der Waals surface area contributed by atoms with Gasteiger partial charge in [-0.1, -0.05) is 0 Å². The summed E-state index contributed by atoms with van der Waals surface area (Å²) < 4.78 is 14.8. The molecule has 1 amide bonds. The van der Waals surface area contributed by atoms with Crippen molar-refractivity contribution in [3.05, 3.63) is 23.8 Å². The summed E-state index contributed by atoms with van der Waals surface area (Å²) in [4.78, 5) is 23.1. The molecule has 1 atom stereocenters. The molecule has 110 valence electrons. The van der Waals surface area contributed by atoms with E-state index in [9.17, 15) is 9.59 Å². The summed E-state index contributed by atoms with van der Waals surface area (Å²) in [5.74, 6) is 0.361. The number of hydrogen-bond acceptors (Lipinski definition) is 5. The van der Waals surface area contributed by atoms with Gasteiger partial charge in [0.25, 0.3) is 5.91 Å². The SMILES string of the molecule is COC(=O)CC(C)NC(=O)c1ccc(OC)c(OC)c1. The minimum Gasteiger partial charge on any atom is -0.493 e. The largest absolute Gasteiger partial charge is 0.493 e. The Morgan fingerprint density at radius 1 is 1.15 bits per heavy atom. The number of methoxy groups -OCH3 is 3. The molecule has 1 rings (SSSR count). The topological polar surface area (TPSA) is 73.9 Å². The smallest absolute Gasteiger partial charge is 0.307 e. The second-order valence-corrected chi connectivity index (χ2v) is 4.22. The standard InChI is InChI=1S/C14H19NO5/c1-9(7-13(16)20-4)15-14(17)10-5-6-11(18-2)12(8-10)19-3/h5-6,8-9H,7H2,1-4H3,(H,15,17). The zero-order chi connectivity index (χ0) is 15.1. The first-order chi connectivity index (χ1) is 9.51. The molecule has 6 heteroatoms. The van der Waals surface area contributed by atoms with E-state index in [1.165, 1.54) is 21.3 Å². The van der Waals surface area contributed by atoms with E-state index in [-0.39, 0.29) is 24.3 Å². The first kappa shape index (κ1) is 15.8. The summed E-state index contributed by atoms with van der Waals surface area (Å²) in [7, 11) is 4.33. The molecule has 0 aliphatic heterocycles. The van der Waals surface area contributed by atoms with E-state index >= 15 is 0 Å². The summed E-state index contributed by atoms with van der Waals surface area (Å²) >= 11 is 0.